The number of halogens is 1. The van der Waals surface area contributed by atoms with E-state index in [1.165, 1.54) is 32.2 Å². The molecule has 34 heavy (non-hydrogen) atoms. The van der Waals surface area contributed by atoms with Crippen LogP contribution in [-0.2, 0) is 20.8 Å². The van der Waals surface area contributed by atoms with E-state index in [0.29, 0.717) is 22.8 Å². The zero-order chi connectivity index (χ0) is 24.5. The fourth-order valence-corrected chi connectivity index (χ4v) is 3.17. The molecule has 0 heterocycles. The average Bonchev–Trinajstić information content (AvgIpc) is 2.80. The Kier molecular flexibility index (Phi) is 8.17. The van der Waals surface area contributed by atoms with Gasteiger partial charge >= 0.3 is 0 Å². The van der Waals surface area contributed by atoms with Gasteiger partial charge < -0.3 is 26.0 Å². The van der Waals surface area contributed by atoms with Crippen LogP contribution >= 0.6 is 0 Å². The average molecular weight is 464 g/mol. The Balaban J connectivity index is 1.60. The highest BCUT2D eigenvalue weighted by Crippen LogP contribution is 2.28. The third kappa shape index (κ3) is 7.06. The van der Waals surface area contributed by atoms with Crippen LogP contribution in [0.4, 0.5) is 27.1 Å². The number of anilines is 4. The van der Waals surface area contributed by atoms with Gasteiger partial charge in [0.15, 0.2) is 0 Å². The van der Waals surface area contributed by atoms with Crippen LogP contribution in [0.15, 0.2) is 66.7 Å². The Labute approximate surface area is 196 Å². The van der Waals surface area contributed by atoms with Crippen LogP contribution in [0.25, 0.3) is 0 Å². The van der Waals surface area contributed by atoms with Gasteiger partial charge in [0.1, 0.15) is 11.6 Å². The topological polar surface area (TPSA) is 109 Å². The van der Waals surface area contributed by atoms with Gasteiger partial charge in [0, 0.05) is 18.3 Å². The summed E-state index contributed by atoms with van der Waals surface area (Å²) in [5.74, 6) is -1.15. The molecule has 3 aromatic carbocycles. The fourth-order valence-electron chi connectivity index (χ4n) is 3.17. The molecule has 0 atom stereocenters. The first kappa shape index (κ1) is 24.2. The van der Waals surface area contributed by atoms with Crippen LogP contribution in [0.2, 0.25) is 0 Å². The van der Waals surface area contributed by atoms with Crippen molar-refractivity contribution >= 4 is 40.5 Å². The molecule has 0 aliphatic heterocycles. The highest BCUT2D eigenvalue weighted by Gasteiger charge is 2.12. The van der Waals surface area contributed by atoms with Gasteiger partial charge in [-0.3, -0.25) is 14.4 Å². The van der Waals surface area contributed by atoms with Crippen LogP contribution in [0, 0.1) is 5.82 Å². The summed E-state index contributed by atoms with van der Waals surface area (Å²) >= 11 is 0. The third-order valence-corrected chi connectivity index (χ3v) is 4.69. The van der Waals surface area contributed by atoms with Crippen LogP contribution in [0.5, 0.6) is 5.75 Å². The minimum absolute atomic E-state index is 0.0102. The smallest absolute Gasteiger partial charge is 0.243 e. The molecule has 9 heteroatoms. The molecule has 0 saturated heterocycles. The summed E-state index contributed by atoms with van der Waals surface area (Å²) in [6, 6.07) is 18.1. The number of hydrogen-bond donors (Lipinski definition) is 4. The second-order valence-electron chi connectivity index (χ2n) is 7.40. The number of ether oxygens (including phenoxy) is 1. The number of methoxy groups -OCH3 is 1. The molecule has 176 valence electrons. The summed E-state index contributed by atoms with van der Waals surface area (Å²) in [7, 11) is 1.47. The van der Waals surface area contributed by atoms with Crippen LogP contribution in [0.3, 0.4) is 0 Å². The number of nitrogens with one attached hydrogen (secondary N) is 4. The minimum Gasteiger partial charge on any atom is -0.495 e. The molecule has 4 N–H and O–H groups in total. The predicted molar refractivity (Wildman–Crippen MR) is 130 cm³/mol. The molecule has 0 saturated carbocycles. The summed E-state index contributed by atoms with van der Waals surface area (Å²) in [6.45, 7) is 1.25. The van der Waals surface area contributed by atoms with Crippen molar-refractivity contribution in [2.45, 2.75) is 13.3 Å². The molecule has 0 aliphatic carbocycles. The zero-order valence-corrected chi connectivity index (χ0v) is 18.8. The number of rotatable bonds is 9. The Bertz CT molecular complexity index is 1180. The Hall–Kier alpha value is -4.40. The zero-order valence-electron chi connectivity index (χ0n) is 18.8. The van der Waals surface area contributed by atoms with Gasteiger partial charge in [-0.2, -0.15) is 0 Å². The van der Waals surface area contributed by atoms with E-state index >= 15 is 0 Å². The Morgan fingerprint density at radius 2 is 1.50 bits per heavy atom. The predicted octanol–water partition coefficient (Wildman–Crippen LogP) is 4.02. The lowest BCUT2D eigenvalue weighted by Crippen LogP contribution is -2.22. The molecule has 3 aromatic rings. The molecule has 3 rings (SSSR count). The molecule has 0 aromatic heterocycles. The first-order valence-corrected chi connectivity index (χ1v) is 10.5. The lowest BCUT2D eigenvalue weighted by molar-refractivity contribution is -0.116. The largest absolute Gasteiger partial charge is 0.495 e. The molecule has 0 spiro atoms. The molecule has 8 nitrogen and oxygen atoms in total. The van der Waals surface area contributed by atoms with Crippen molar-refractivity contribution in [3.63, 3.8) is 0 Å². The quantitative estimate of drug-likeness (QED) is 0.383. The lowest BCUT2D eigenvalue weighted by atomic mass is 10.1. The molecule has 0 unspecified atom stereocenters. The van der Waals surface area contributed by atoms with Gasteiger partial charge in [-0.05, 0) is 42.0 Å². The molecule has 0 aliphatic rings. The Morgan fingerprint density at radius 3 is 2.21 bits per heavy atom. The maximum atomic E-state index is 14.2. The highest BCUT2D eigenvalue weighted by atomic mass is 19.1. The second-order valence-corrected chi connectivity index (χ2v) is 7.40. The van der Waals surface area contributed by atoms with Gasteiger partial charge in [-0.15, -0.1) is 0 Å². The first-order valence-electron chi connectivity index (χ1n) is 10.5. The van der Waals surface area contributed by atoms with Crippen molar-refractivity contribution in [1.82, 2.24) is 0 Å². The van der Waals surface area contributed by atoms with Gasteiger partial charge in [0.2, 0.25) is 17.7 Å². The number of amides is 3. The van der Waals surface area contributed by atoms with E-state index in [1.807, 2.05) is 30.3 Å². The number of carbonyl (C=O) groups is 3. The van der Waals surface area contributed by atoms with E-state index in [9.17, 15) is 18.8 Å². The first-order chi connectivity index (χ1) is 16.3. The van der Waals surface area contributed by atoms with E-state index in [0.717, 1.165) is 5.56 Å². The van der Waals surface area contributed by atoms with Gasteiger partial charge in [0.25, 0.3) is 0 Å². The fraction of sp³-hybridized carbons (Fsp3) is 0.160. The van der Waals surface area contributed by atoms with E-state index in [2.05, 4.69) is 21.3 Å². The van der Waals surface area contributed by atoms with Gasteiger partial charge in [-0.25, -0.2) is 4.39 Å². The Morgan fingerprint density at radius 1 is 0.824 bits per heavy atom. The number of benzene rings is 3. The van der Waals surface area contributed by atoms with Crippen molar-refractivity contribution < 1.29 is 23.5 Å². The van der Waals surface area contributed by atoms with Crippen molar-refractivity contribution in [2.24, 2.45) is 0 Å². The minimum atomic E-state index is -0.587. The maximum absolute atomic E-state index is 14.2. The molecular weight excluding hydrogens is 439 g/mol. The second kappa shape index (κ2) is 11.5. The van der Waals surface area contributed by atoms with Gasteiger partial charge in [-0.1, -0.05) is 30.3 Å². The molecular formula is C25H25FN4O4. The maximum Gasteiger partial charge on any atom is 0.243 e. The third-order valence-electron chi connectivity index (χ3n) is 4.69. The van der Waals surface area contributed by atoms with E-state index in [1.54, 1.807) is 18.2 Å². The summed E-state index contributed by atoms with van der Waals surface area (Å²) in [6.07, 6.45) is 0.111. The lowest BCUT2D eigenvalue weighted by Gasteiger charge is -2.14. The summed E-state index contributed by atoms with van der Waals surface area (Å²) in [5, 5.41) is 10.8. The standard InChI is InChI=1S/C25H25FN4O4/c1-16(31)28-19-9-11-23(34-2)22(14-19)30-25(33)15-27-18-8-10-20(26)21(13-18)29-24(32)12-17-6-4-3-5-7-17/h3-11,13-14,27H,12,15H2,1-2H3,(H,28,31)(H,29,32)(H,30,33). The van der Waals surface area contributed by atoms with Crippen LogP contribution in [-0.4, -0.2) is 31.4 Å². The van der Waals surface area contributed by atoms with Crippen molar-refractivity contribution in [1.29, 1.82) is 0 Å². The van der Waals surface area contributed by atoms with E-state index in [-0.39, 0.29) is 30.5 Å². The normalized spacial score (nSPS) is 10.2. The molecule has 0 radical (unpaired) electrons. The molecule has 0 fully saturated rings. The van der Waals surface area contributed by atoms with Crippen LogP contribution in [0.1, 0.15) is 12.5 Å². The molecule has 0 bridgehead atoms. The molecule has 3 amide bonds. The monoisotopic (exact) mass is 464 g/mol. The summed E-state index contributed by atoms with van der Waals surface area (Å²) < 4.78 is 19.4. The number of hydrogen-bond acceptors (Lipinski definition) is 5. The summed E-state index contributed by atoms with van der Waals surface area (Å²) in [4.78, 5) is 36.0. The van der Waals surface area contributed by atoms with Crippen LogP contribution < -0.4 is 26.0 Å². The van der Waals surface area contributed by atoms with E-state index in [4.69, 9.17) is 4.74 Å². The SMILES string of the molecule is COc1ccc(NC(C)=O)cc1NC(=O)CNc1ccc(F)c(NC(=O)Cc2ccccc2)c1. The van der Waals surface area contributed by atoms with E-state index < -0.39 is 11.7 Å². The van der Waals surface area contributed by atoms with Crippen molar-refractivity contribution in [3.05, 3.63) is 78.1 Å². The summed E-state index contributed by atoms with van der Waals surface area (Å²) in [5.41, 5.74) is 2.16. The highest BCUT2D eigenvalue weighted by molar-refractivity contribution is 5.97. The van der Waals surface area contributed by atoms with Gasteiger partial charge in [0.05, 0.1) is 31.5 Å². The van der Waals surface area contributed by atoms with Crippen molar-refractivity contribution in [2.75, 3.05) is 34.9 Å². The number of carbonyl (C=O) groups excluding carboxylic acids is 3. The van der Waals surface area contributed by atoms with Crippen molar-refractivity contribution in [3.8, 4) is 5.75 Å².